The molecule has 2 atom stereocenters. The van der Waals surface area contributed by atoms with E-state index in [4.69, 9.17) is 0 Å². The third-order valence-corrected chi connectivity index (χ3v) is 5.04. The fraction of sp³-hybridized carbons (Fsp3) is 0.611. The van der Waals surface area contributed by atoms with Gasteiger partial charge in [-0.2, -0.15) is 0 Å². The number of benzene rings is 1. The Bertz CT molecular complexity index is 490. The number of likely N-dealkylation sites (N-methyl/N-ethyl adjacent to an activating group) is 1. The van der Waals surface area contributed by atoms with Crippen LogP contribution in [0.25, 0.3) is 0 Å². The molecule has 23 heavy (non-hydrogen) atoms. The van der Waals surface area contributed by atoms with Crippen molar-refractivity contribution in [1.29, 1.82) is 0 Å². The van der Waals surface area contributed by atoms with Gasteiger partial charge in [-0.25, -0.2) is 0 Å². The highest BCUT2D eigenvalue weighted by Gasteiger charge is 2.32. The first-order valence-corrected chi connectivity index (χ1v) is 8.47. The SMILES string of the molecule is CN(C(=O)C1CCCNC1)C1CCN(Cc2ccccc2)C1.Cl. The van der Waals surface area contributed by atoms with Crippen LogP contribution in [0.5, 0.6) is 0 Å². The predicted molar refractivity (Wildman–Crippen MR) is 95.7 cm³/mol. The Kier molecular flexibility index (Phi) is 6.88. The Morgan fingerprint density at radius 2 is 2.09 bits per heavy atom. The lowest BCUT2D eigenvalue weighted by atomic mass is 9.97. The van der Waals surface area contributed by atoms with Crippen molar-refractivity contribution < 1.29 is 4.79 Å². The maximum atomic E-state index is 12.6. The lowest BCUT2D eigenvalue weighted by Gasteiger charge is -2.31. The molecule has 0 bridgehead atoms. The topological polar surface area (TPSA) is 35.6 Å². The summed E-state index contributed by atoms with van der Waals surface area (Å²) in [5, 5.41) is 3.34. The van der Waals surface area contributed by atoms with Crippen LogP contribution in [0.15, 0.2) is 30.3 Å². The first-order chi connectivity index (χ1) is 10.7. The first kappa shape index (κ1) is 18.2. The van der Waals surface area contributed by atoms with Gasteiger partial charge in [-0.15, -0.1) is 12.4 Å². The van der Waals surface area contributed by atoms with Crippen molar-refractivity contribution in [3.05, 3.63) is 35.9 Å². The van der Waals surface area contributed by atoms with Gasteiger partial charge in [0.25, 0.3) is 0 Å². The number of hydrogen-bond donors (Lipinski definition) is 1. The van der Waals surface area contributed by atoms with E-state index in [1.165, 1.54) is 5.56 Å². The van der Waals surface area contributed by atoms with Crippen LogP contribution in [-0.4, -0.2) is 55.0 Å². The van der Waals surface area contributed by atoms with Crippen LogP contribution in [0.1, 0.15) is 24.8 Å². The molecule has 0 saturated carbocycles. The van der Waals surface area contributed by atoms with Gasteiger partial charge in [0, 0.05) is 39.3 Å². The average Bonchev–Trinajstić information content (AvgIpc) is 3.04. The minimum atomic E-state index is 0. The smallest absolute Gasteiger partial charge is 0.227 e. The number of nitrogens with one attached hydrogen (secondary N) is 1. The third-order valence-electron chi connectivity index (χ3n) is 5.04. The van der Waals surface area contributed by atoms with Gasteiger partial charge < -0.3 is 10.2 Å². The van der Waals surface area contributed by atoms with Gasteiger partial charge in [0.05, 0.1) is 5.92 Å². The standard InChI is InChI=1S/C18H27N3O.ClH/c1-20(18(22)16-8-5-10-19-12-16)17-9-11-21(14-17)13-15-6-3-2-4-7-15;/h2-4,6-7,16-17,19H,5,8-14H2,1H3;1H. The number of carbonyl (C=O) groups is 1. The van der Waals surface area contributed by atoms with E-state index < -0.39 is 0 Å². The van der Waals surface area contributed by atoms with E-state index in [2.05, 4.69) is 40.5 Å². The van der Waals surface area contributed by atoms with Crippen LogP contribution in [0, 0.1) is 5.92 Å². The molecule has 1 aromatic rings. The zero-order valence-corrected chi connectivity index (χ0v) is 14.7. The summed E-state index contributed by atoms with van der Waals surface area (Å²) in [4.78, 5) is 17.1. The van der Waals surface area contributed by atoms with Crippen LogP contribution < -0.4 is 5.32 Å². The summed E-state index contributed by atoms with van der Waals surface area (Å²) < 4.78 is 0. The fourth-order valence-corrected chi connectivity index (χ4v) is 3.64. The van der Waals surface area contributed by atoms with E-state index in [1.54, 1.807) is 0 Å². The van der Waals surface area contributed by atoms with Gasteiger partial charge in [0.1, 0.15) is 0 Å². The number of rotatable bonds is 4. The van der Waals surface area contributed by atoms with Gasteiger partial charge in [-0.1, -0.05) is 30.3 Å². The molecule has 1 amide bonds. The molecule has 128 valence electrons. The molecule has 5 heteroatoms. The van der Waals surface area contributed by atoms with Crippen LogP contribution in [0.3, 0.4) is 0 Å². The average molecular weight is 338 g/mol. The highest BCUT2D eigenvalue weighted by Crippen LogP contribution is 2.20. The minimum Gasteiger partial charge on any atom is -0.341 e. The van der Waals surface area contributed by atoms with Gasteiger partial charge in [0.15, 0.2) is 0 Å². The summed E-state index contributed by atoms with van der Waals surface area (Å²) in [5.74, 6) is 0.515. The van der Waals surface area contributed by atoms with Crippen molar-refractivity contribution in [3.63, 3.8) is 0 Å². The predicted octanol–water partition coefficient (Wildman–Crippen LogP) is 2.14. The summed E-state index contributed by atoms with van der Waals surface area (Å²) in [5.41, 5.74) is 1.36. The molecule has 0 aliphatic carbocycles. The first-order valence-electron chi connectivity index (χ1n) is 8.47. The molecule has 2 aliphatic heterocycles. The molecule has 2 heterocycles. The molecule has 0 aromatic heterocycles. The Hall–Kier alpha value is -1.10. The van der Waals surface area contributed by atoms with E-state index in [0.717, 1.165) is 52.0 Å². The zero-order chi connectivity index (χ0) is 15.4. The summed E-state index contributed by atoms with van der Waals surface area (Å²) >= 11 is 0. The van der Waals surface area contributed by atoms with Gasteiger partial charge >= 0.3 is 0 Å². The Morgan fingerprint density at radius 1 is 1.30 bits per heavy atom. The van der Waals surface area contributed by atoms with Crippen molar-refractivity contribution in [3.8, 4) is 0 Å². The summed E-state index contributed by atoms with van der Waals surface area (Å²) in [6, 6.07) is 11.0. The summed E-state index contributed by atoms with van der Waals surface area (Å²) in [7, 11) is 1.99. The number of nitrogens with zero attached hydrogens (tertiary/aromatic N) is 2. The van der Waals surface area contributed by atoms with Gasteiger partial charge in [-0.3, -0.25) is 9.69 Å². The number of carbonyl (C=O) groups excluding carboxylic acids is 1. The number of likely N-dealkylation sites (tertiary alicyclic amines) is 1. The molecule has 4 nitrogen and oxygen atoms in total. The number of hydrogen-bond acceptors (Lipinski definition) is 3. The number of amides is 1. The molecule has 2 aliphatic rings. The Morgan fingerprint density at radius 3 is 2.78 bits per heavy atom. The fourth-order valence-electron chi connectivity index (χ4n) is 3.64. The largest absolute Gasteiger partial charge is 0.341 e. The second-order valence-electron chi connectivity index (χ2n) is 6.66. The summed E-state index contributed by atoms with van der Waals surface area (Å²) in [6.07, 6.45) is 3.25. The monoisotopic (exact) mass is 337 g/mol. The maximum absolute atomic E-state index is 12.6. The molecule has 1 aromatic carbocycles. The molecule has 2 fully saturated rings. The highest BCUT2D eigenvalue weighted by molar-refractivity contribution is 5.85. The van der Waals surface area contributed by atoms with E-state index in [1.807, 2.05) is 11.9 Å². The van der Waals surface area contributed by atoms with E-state index in [0.29, 0.717) is 11.9 Å². The minimum absolute atomic E-state index is 0. The zero-order valence-electron chi connectivity index (χ0n) is 13.9. The molecular formula is C18H28ClN3O. The number of halogens is 1. The lowest BCUT2D eigenvalue weighted by Crippen LogP contribution is -2.46. The van der Waals surface area contributed by atoms with Crippen molar-refractivity contribution >= 4 is 18.3 Å². The van der Waals surface area contributed by atoms with E-state index >= 15 is 0 Å². The molecule has 1 N–H and O–H groups in total. The van der Waals surface area contributed by atoms with Crippen LogP contribution in [0.2, 0.25) is 0 Å². The quantitative estimate of drug-likeness (QED) is 0.914. The molecule has 3 rings (SSSR count). The second-order valence-corrected chi connectivity index (χ2v) is 6.66. The van der Waals surface area contributed by atoms with Gasteiger partial charge in [-0.05, 0) is 31.4 Å². The summed E-state index contributed by atoms with van der Waals surface area (Å²) in [6.45, 7) is 4.98. The molecule has 2 unspecified atom stereocenters. The van der Waals surface area contributed by atoms with E-state index in [-0.39, 0.29) is 18.3 Å². The highest BCUT2D eigenvalue weighted by atomic mass is 35.5. The third kappa shape index (κ3) is 4.69. The van der Waals surface area contributed by atoms with Crippen molar-refractivity contribution in [2.45, 2.75) is 31.8 Å². The van der Waals surface area contributed by atoms with Crippen molar-refractivity contribution in [2.75, 3.05) is 33.2 Å². The molecule has 2 saturated heterocycles. The lowest BCUT2D eigenvalue weighted by molar-refractivity contribution is -0.136. The van der Waals surface area contributed by atoms with Crippen LogP contribution >= 0.6 is 12.4 Å². The molecule has 0 spiro atoms. The second kappa shape index (κ2) is 8.67. The van der Waals surface area contributed by atoms with Crippen molar-refractivity contribution in [1.82, 2.24) is 15.1 Å². The van der Waals surface area contributed by atoms with Crippen LogP contribution in [-0.2, 0) is 11.3 Å². The normalized spacial score (nSPS) is 24.9. The Balaban J connectivity index is 0.00000192. The van der Waals surface area contributed by atoms with E-state index in [9.17, 15) is 4.79 Å². The van der Waals surface area contributed by atoms with Crippen molar-refractivity contribution in [2.24, 2.45) is 5.92 Å². The molecular weight excluding hydrogens is 310 g/mol. The Labute approximate surface area is 145 Å². The maximum Gasteiger partial charge on any atom is 0.227 e. The number of piperidine rings is 1. The molecule has 0 radical (unpaired) electrons. The van der Waals surface area contributed by atoms with Gasteiger partial charge in [0.2, 0.25) is 5.91 Å². The van der Waals surface area contributed by atoms with Crippen LogP contribution in [0.4, 0.5) is 0 Å².